The molecule has 7 heterocycles. The van der Waals surface area contributed by atoms with Crippen LogP contribution in [-0.2, 0) is 35.3 Å². The lowest BCUT2D eigenvalue weighted by Gasteiger charge is -2.35. The van der Waals surface area contributed by atoms with Gasteiger partial charge in [0.2, 0.25) is 0 Å². The van der Waals surface area contributed by atoms with Crippen molar-refractivity contribution < 1.29 is 26.7 Å². The smallest absolute Gasteiger partial charge is 0.338 e. The standard InChI is InChI=1S/C47H46F2N10O5S/c1-27-42-36(14-16-55(27)45(60)40-21-31-20-29(30-15-19-64-47(2,3)23-30)8-11-37(31)59(40)65(62,63)41-25-53(4)26-50-41)52-58(32-9-10-35(48)33(22-32)28-6-7-28)44(42)57-18-17-56(46(57)61)39-13-12-38-34(43(39)49)24-51-54(38)5/h8-13,17-18,20-22,24-28,30H,6-7,14-16,19,23H2,1-5H3/t27-,30?/m0/s1. The predicted octanol–water partition coefficient (Wildman–Crippen LogP) is 7.21. The number of carbonyl (C=O) groups is 1. The molecule has 2 atom stereocenters. The average molecular weight is 901 g/mol. The monoisotopic (exact) mass is 900 g/mol. The average Bonchev–Trinajstić information content (AvgIpc) is 3.61. The van der Waals surface area contributed by atoms with E-state index >= 15 is 13.6 Å². The van der Waals surface area contributed by atoms with Crippen LogP contribution in [0.3, 0.4) is 0 Å². The van der Waals surface area contributed by atoms with Gasteiger partial charge in [-0.1, -0.05) is 6.07 Å². The molecule has 65 heavy (non-hydrogen) atoms. The van der Waals surface area contributed by atoms with Gasteiger partial charge in [0, 0.05) is 63.2 Å². The van der Waals surface area contributed by atoms with E-state index in [0.29, 0.717) is 45.5 Å². The first-order chi connectivity index (χ1) is 31.1. The number of rotatable bonds is 8. The van der Waals surface area contributed by atoms with Gasteiger partial charge in [-0.25, -0.2) is 27.2 Å². The van der Waals surface area contributed by atoms with Gasteiger partial charge in [0.15, 0.2) is 10.8 Å². The van der Waals surface area contributed by atoms with Crippen LogP contribution in [0.4, 0.5) is 8.78 Å². The first-order valence-corrected chi connectivity index (χ1v) is 23.2. The molecule has 1 unspecified atom stereocenters. The summed E-state index contributed by atoms with van der Waals surface area (Å²) in [5, 5.41) is 9.83. The highest BCUT2D eigenvalue weighted by atomic mass is 32.2. The molecule has 8 aromatic rings. The van der Waals surface area contributed by atoms with Gasteiger partial charge in [-0.2, -0.15) is 18.6 Å². The minimum atomic E-state index is -4.40. The van der Waals surface area contributed by atoms with E-state index in [0.717, 1.165) is 35.2 Å². The van der Waals surface area contributed by atoms with Crippen molar-refractivity contribution in [2.75, 3.05) is 13.2 Å². The highest BCUT2D eigenvalue weighted by Crippen LogP contribution is 2.43. The molecular formula is C47H46F2N10O5S. The summed E-state index contributed by atoms with van der Waals surface area (Å²) in [7, 11) is -1.02. The lowest BCUT2D eigenvalue weighted by atomic mass is 9.83. The SMILES string of the molecule is C[C@H]1c2c(nn(-c3ccc(F)c(C4CC4)c3)c2-n2ccn(-c3ccc4c(cnn4C)c3F)c2=O)CCN1C(=O)c1cc2cc(C3CCOC(C)(C)C3)ccc2n1S(=O)(=O)c1cn(C)cn1. The van der Waals surface area contributed by atoms with Crippen molar-refractivity contribution in [2.24, 2.45) is 14.1 Å². The second-order valence-electron chi connectivity index (χ2n) is 18.2. The van der Waals surface area contributed by atoms with Crippen molar-refractivity contribution in [1.82, 2.24) is 47.1 Å². The van der Waals surface area contributed by atoms with Gasteiger partial charge >= 0.3 is 5.69 Å². The Balaban J connectivity index is 1.05. The number of ether oxygens (including phenoxy) is 1. The Hall–Kier alpha value is -6.66. The minimum absolute atomic E-state index is 0.0162. The van der Waals surface area contributed by atoms with E-state index in [1.165, 1.54) is 56.9 Å². The number of aromatic nitrogens is 9. The molecule has 18 heteroatoms. The number of halogens is 2. The lowest BCUT2D eigenvalue weighted by Crippen LogP contribution is -2.40. The third kappa shape index (κ3) is 6.58. The molecular weight excluding hydrogens is 855 g/mol. The summed E-state index contributed by atoms with van der Waals surface area (Å²) in [6.45, 7) is 6.70. The second kappa shape index (κ2) is 14.7. The van der Waals surface area contributed by atoms with Crippen molar-refractivity contribution in [3.05, 3.63) is 136 Å². The van der Waals surface area contributed by atoms with Crippen LogP contribution < -0.4 is 5.69 Å². The lowest BCUT2D eigenvalue weighted by molar-refractivity contribution is -0.0592. The summed E-state index contributed by atoms with van der Waals surface area (Å²) >= 11 is 0. The molecule has 3 aliphatic rings. The number of nitrogens with zero attached hydrogens (tertiary/aromatic N) is 10. The summed E-state index contributed by atoms with van der Waals surface area (Å²) < 4.78 is 74.9. The Kier molecular flexibility index (Phi) is 9.28. The van der Waals surface area contributed by atoms with Gasteiger partial charge in [0.05, 0.1) is 57.7 Å². The first-order valence-electron chi connectivity index (χ1n) is 21.8. The van der Waals surface area contributed by atoms with E-state index in [1.807, 2.05) is 19.1 Å². The summed E-state index contributed by atoms with van der Waals surface area (Å²) in [5.41, 5.74) is 3.12. The summed E-state index contributed by atoms with van der Waals surface area (Å²) in [5.74, 6) is -0.981. The molecule has 0 bridgehead atoms. The van der Waals surface area contributed by atoms with Gasteiger partial charge in [0.1, 0.15) is 17.3 Å². The zero-order chi connectivity index (χ0) is 45.3. The Morgan fingerprint density at radius 1 is 0.938 bits per heavy atom. The number of benzene rings is 3. The zero-order valence-corrected chi connectivity index (χ0v) is 37.3. The Bertz CT molecular complexity index is 3440. The third-order valence-electron chi connectivity index (χ3n) is 13.4. The minimum Gasteiger partial charge on any atom is -0.376 e. The van der Waals surface area contributed by atoms with Gasteiger partial charge in [-0.3, -0.25) is 18.6 Å². The van der Waals surface area contributed by atoms with Crippen LogP contribution in [0.15, 0.2) is 95.5 Å². The molecule has 0 radical (unpaired) electrons. The van der Waals surface area contributed by atoms with Crippen molar-refractivity contribution in [3.8, 4) is 17.2 Å². The van der Waals surface area contributed by atoms with Gasteiger partial charge in [-0.05, 0) is 118 Å². The number of fused-ring (bicyclic) bond motifs is 3. The molecule has 2 aliphatic heterocycles. The van der Waals surface area contributed by atoms with Crippen LogP contribution in [-0.4, -0.2) is 80.2 Å². The molecule has 0 N–H and O–H groups in total. The molecule has 1 aliphatic carbocycles. The highest BCUT2D eigenvalue weighted by Gasteiger charge is 2.39. The van der Waals surface area contributed by atoms with E-state index in [1.54, 1.807) is 58.7 Å². The number of aryl methyl sites for hydroxylation is 2. The highest BCUT2D eigenvalue weighted by molar-refractivity contribution is 7.90. The number of imidazole rings is 2. The Morgan fingerprint density at radius 3 is 2.48 bits per heavy atom. The van der Waals surface area contributed by atoms with Crippen LogP contribution in [0.5, 0.6) is 0 Å². The Labute approximate surface area is 372 Å². The number of amides is 1. The predicted molar refractivity (Wildman–Crippen MR) is 238 cm³/mol. The van der Waals surface area contributed by atoms with Crippen LogP contribution >= 0.6 is 0 Å². The number of carbonyl (C=O) groups excluding carboxylic acids is 1. The van der Waals surface area contributed by atoms with Gasteiger partial charge in [-0.15, -0.1) is 0 Å². The fraction of sp³-hybridized carbons (Fsp3) is 0.340. The van der Waals surface area contributed by atoms with Crippen LogP contribution in [0.25, 0.3) is 39.0 Å². The quantitative estimate of drug-likeness (QED) is 0.155. The molecule has 1 amide bonds. The summed E-state index contributed by atoms with van der Waals surface area (Å²) in [6, 6.07) is 14.5. The van der Waals surface area contributed by atoms with E-state index in [4.69, 9.17) is 9.84 Å². The van der Waals surface area contributed by atoms with Crippen LogP contribution in [0.1, 0.15) is 97.2 Å². The van der Waals surface area contributed by atoms with E-state index < -0.39 is 33.5 Å². The van der Waals surface area contributed by atoms with Crippen molar-refractivity contribution >= 4 is 37.7 Å². The fourth-order valence-electron chi connectivity index (χ4n) is 9.95. The first kappa shape index (κ1) is 41.1. The second-order valence-corrected chi connectivity index (χ2v) is 19.9. The maximum Gasteiger partial charge on any atom is 0.338 e. The van der Waals surface area contributed by atoms with Gasteiger partial charge in [0.25, 0.3) is 15.9 Å². The normalized spacial score (nSPS) is 18.8. The molecule has 334 valence electrons. The molecule has 3 aromatic carbocycles. The van der Waals surface area contributed by atoms with E-state index in [9.17, 15) is 13.2 Å². The maximum atomic E-state index is 16.1. The van der Waals surface area contributed by atoms with Crippen molar-refractivity contribution in [2.45, 2.75) is 81.4 Å². The molecule has 2 fully saturated rings. The van der Waals surface area contributed by atoms with Gasteiger partial charge < -0.3 is 14.2 Å². The molecule has 11 rings (SSSR count). The third-order valence-corrected chi connectivity index (χ3v) is 15.0. The van der Waals surface area contributed by atoms with E-state index in [2.05, 4.69) is 23.9 Å². The van der Waals surface area contributed by atoms with E-state index in [-0.39, 0.29) is 63.8 Å². The topological polar surface area (TPSA) is 149 Å². The molecule has 5 aromatic heterocycles. The van der Waals surface area contributed by atoms with Crippen molar-refractivity contribution in [3.63, 3.8) is 0 Å². The number of hydrogen-bond acceptors (Lipinski definition) is 8. The van der Waals surface area contributed by atoms with Crippen LogP contribution in [0, 0.1) is 11.6 Å². The zero-order valence-electron chi connectivity index (χ0n) is 36.4. The molecule has 15 nitrogen and oxygen atoms in total. The summed E-state index contributed by atoms with van der Waals surface area (Å²) in [4.78, 5) is 35.7. The number of hydrogen-bond donors (Lipinski definition) is 0. The van der Waals surface area contributed by atoms with Crippen molar-refractivity contribution in [1.29, 1.82) is 0 Å². The largest absolute Gasteiger partial charge is 0.376 e. The Morgan fingerprint density at radius 2 is 1.72 bits per heavy atom. The molecule has 1 saturated carbocycles. The molecule has 0 spiro atoms. The fourth-order valence-corrected chi connectivity index (χ4v) is 11.4. The van der Waals surface area contributed by atoms with Crippen LogP contribution in [0.2, 0.25) is 0 Å². The molecule has 1 saturated heterocycles. The maximum absolute atomic E-state index is 16.1. The summed E-state index contributed by atoms with van der Waals surface area (Å²) in [6.07, 6.45) is 10.7.